The molecule has 1 saturated heterocycles. The molecule has 0 saturated carbocycles. The Bertz CT molecular complexity index is 1560. The number of nitrogens with zero attached hydrogens (tertiary/aromatic N) is 4. The maximum atomic E-state index is 13.7. The van der Waals surface area contributed by atoms with E-state index in [1.165, 1.54) is 9.87 Å². The third-order valence-electron chi connectivity index (χ3n) is 7.14. The number of pyridine rings is 2. The molecule has 182 valence electrons. The second-order valence-electron chi connectivity index (χ2n) is 9.29. The Balaban J connectivity index is 1.25. The van der Waals surface area contributed by atoms with E-state index in [0.717, 1.165) is 41.3 Å². The van der Waals surface area contributed by atoms with Crippen molar-refractivity contribution in [3.05, 3.63) is 89.7 Å². The van der Waals surface area contributed by atoms with Gasteiger partial charge in [-0.1, -0.05) is 24.3 Å². The van der Waals surface area contributed by atoms with Gasteiger partial charge < -0.3 is 4.90 Å². The predicted octanol–water partition coefficient (Wildman–Crippen LogP) is 3.93. The fraction of sp³-hybridized carbons (Fsp3) is 0.250. The molecule has 4 aromatic rings. The van der Waals surface area contributed by atoms with Crippen LogP contribution < -0.4 is 0 Å². The van der Waals surface area contributed by atoms with Crippen LogP contribution in [0.5, 0.6) is 0 Å². The highest BCUT2D eigenvalue weighted by Crippen LogP contribution is 2.28. The minimum atomic E-state index is -3.60. The number of amides is 1. The van der Waals surface area contributed by atoms with Crippen molar-refractivity contribution in [3.8, 4) is 11.3 Å². The van der Waals surface area contributed by atoms with Gasteiger partial charge >= 0.3 is 0 Å². The van der Waals surface area contributed by atoms with Crippen LogP contribution >= 0.6 is 0 Å². The summed E-state index contributed by atoms with van der Waals surface area (Å²) in [4.78, 5) is 24.7. The molecule has 1 aliphatic heterocycles. The Kier molecular flexibility index (Phi) is 5.78. The number of aryl methyl sites for hydroxylation is 2. The first-order valence-corrected chi connectivity index (χ1v) is 13.7. The van der Waals surface area contributed by atoms with Crippen LogP contribution in [0, 0.1) is 0 Å². The molecule has 0 unspecified atom stereocenters. The monoisotopic (exact) mass is 498 g/mol. The highest BCUT2D eigenvalue weighted by molar-refractivity contribution is 7.89. The maximum Gasteiger partial charge on any atom is 0.254 e. The number of aromatic nitrogens is 2. The molecule has 0 atom stereocenters. The summed E-state index contributed by atoms with van der Waals surface area (Å²) in [6.45, 7) is 1.21. The van der Waals surface area contributed by atoms with Gasteiger partial charge in [-0.3, -0.25) is 9.78 Å². The lowest BCUT2D eigenvalue weighted by Crippen LogP contribution is -2.50. The van der Waals surface area contributed by atoms with E-state index in [2.05, 4.69) is 4.98 Å². The molecular weight excluding hydrogens is 472 g/mol. The van der Waals surface area contributed by atoms with Crippen molar-refractivity contribution in [1.82, 2.24) is 19.2 Å². The molecular formula is C28H26N4O3S. The highest BCUT2D eigenvalue weighted by atomic mass is 32.2. The Morgan fingerprint density at radius 1 is 0.861 bits per heavy atom. The first-order valence-electron chi connectivity index (χ1n) is 12.2. The number of hydrogen-bond acceptors (Lipinski definition) is 5. The standard InChI is InChI=1S/C28H26N4O3S/c33-28(25-18-27(22-7-4-12-29-19-22)30-26-9-2-1-8-24(25)26)31-13-15-32(16-14-31)36(34,35)23-11-10-20-5-3-6-21(20)17-23/h1-2,4,7-12,17-19H,3,5-6,13-16H2. The van der Waals surface area contributed by atoms with Crippen LogP contribution in [0.3, 0.4) is 0 Å². The lowest BCUT2D eigenvalue weighted by atomic mass is 10.0. The number of fused-ring (bicyclic) bond motifs is 2. The van der Waals surface area contributed by atoms with Gasteiger partial charge in [0, 0.05) is 49.5 Å². The van der Waals surface area contributed by atoms with E-state index in [0.29, 0.717) is 29.2 Å². The summed E-state index contributed by atoms with van der Waals surface area (Å²) in [5.74, 6) is -0.117. The lowest BCUT2D eigenvalue weighted by molar-refractivity contribution is 0.0700. The average Bonchev–Trinajstić information content (AvgIpc) is 3.41. The van der Waals surface area contributed by atoms with Gasteiger partial charge in [-0.05, 0) is 66.8 Å². The quantitative estimate of drug-likeness (QED) is 0.426. The molecule has 7 nitrogen and oxygen atoms in total. The number of carbonyl (C=O) groups is 1. The zero-order valence-electron chi connectivity index (χ0n) is 19.8. The van der Waals surface area contributed by atoms with Crippen molar-refractivity contribution >= 4 is 26.8 Å². The molecule has 1 aliphatic carbocycles. The van der Waals surface area contributed by atoms with E-state index < -0.39 is 10.0 Å². The summed E-state index contributed by atoms with van der Waals surface area (Å²) in [6, 6.07) is 18.7. The molecule has 2 aromatic heterocycles. The van der Waals surface area contributed by atoms with Gasteiger partial charge in [0.2, 0.25) is 10.0 Å². The zero-order valence-corrected chi connectivity index (χ0v) is 20.6. The molecule has 0 radical (unpaired) electrons. The molecule has 36 heavy (non-hydrogen) atoms. The Hall–Kier alpha value is -3.62. The average molecular weight is 499 g/mol. The van der Waals surface area contributed by atoms with E-state index in [4.69, 9.17) is 4.98 Å². The van der Waals surface area contributed by atoms with E-state index in [9.17, 15) is 13.2 Å². The summed E-state index contributed by atoms with van der Waals surface area (Å²) < 4.78 is 28.1. The third kappa shape index (κ3) is 4.06. The maximum absolute atomic E-state index is 13.7. The van der Waals surface area contributed by atoms with Crippen LogP contribution in [0.15, 0.2) is 78.0 Å². The molecule has 0 spiro atoms. The number of benzene rings is 2. The summed E-state index contributed by atoms with van der Waals surface area (Å²) in [6.07, 6.45) is 6.46. The molecule has 3 heterocycles. The number of sulfonamides is 1. The molecule has 2 aromatic carbocycles. The first kappa shape index (κ1) is 22.8. The van der Waals surface area contributed by atoms with Gasteiger partial charge in [-0.25, -0.2) is 13.4 Å². The van der Waals surface area contributed by atoms with E-state index in [1.807, 2.05) is 54.6 Å². The number of para-hydroxylation sites is 1. The Morgan fingerprint density at radius 3 is 2.47 bits per heavy atom. The molecule has 2 aliphatic rings. The highest BCUT2D eigenvalue weighted by Gasteiger charge is 2.31. The van der Waals surface area contributed by atoms with Crippen molar-refractivity contribution < 1.29 is 13.2 Å². The first-order chi connectivity index (χ1) is 17.5. The number of rotatable bonds is 4. The topological polar surface area (TPSA) is 83.5 Å². The smallest absolute Gasteiger partial charge is 0.254 e. The number of carbonyl (C=O) groups excluding carboxylic acids is 1. The summed E-state index contributed by atoms with van der Waals surface area (Å²) in [5.41, 5.74) is 5.21. The van der Waals surface area contributed by atoms with Gasteiger partial charge in [0.25, 0.3) is 5.91 Å². The summed E-state index contributed by atoms with van der Waals surface area (Å²) in [7, 11) is -3.60. The van der Waals surface area contributed by atoms with Gasteiger partial charge in [0.05, 0.1) is 21.7 Å². The SMILES string of the molecule is O=C(c1cc(-c2cccnc2)nc2ccccc12)N1CCN(S(=O)(=O)c2ccc3c(c2)CCC3)CC1. The summed E-state index contributed by atoms with van der Waals surface area (Å²) >= 11 is 0. The van der Waals surface area contributed by atoms with Crippen LogP contribution in [0.25, 0.3) is 22.2 Å². The summed E-state index contributed by atoms with van der Waals surface area (Å²) in [5, 5.41) is 0.781. The fourth-order valence-corrected chi connectivity index (χ4v) is 6.65. The normalized spacial score (nSPS) is 16.3. The molecule has 6 rings (SSSR count). The number of hydrogen-bond donors (Lipinski definition) is 0. The van der Waals surface area contributed by atoms with Crippen molar-refractivity contribution in [3.63, 3.8) is 0 Å². The zero-order chi connectivity index (χ0) is 24.7. The van der Waals surface area contributed by atoms with E-state index >= 15 is 0 Å². The minimum Gasteiger partial charge on any atom is -0.336 e. The fourth-order valence-electron chi connectivity index (χ4n) is 5.17. The van der Waals surface area contributed by atoms with Crippen molar-refractivity contribution in [1.29, 1.82) is 0 Å². The molecule has 0 N–H and O–H groups in total. The number of piperazine rings is 1. The van der Waals surface area contributed by atoms with Crippen molar-refractivity contribution in [2.45, 2.75) is 24.2 Å². The largest absolute Gasteiger partial charge is 0.336 e. The second-order valence-corrected chi connectivity index (χ2v) is 11.2. The van der Waals surface area contributed by atoms with Gasteiger partial charge in [-0.15, -0.1) is 0 Å². The third-order valence-corrected chi connectivity index (χ3v) is 9.03. The Morgan fingerprint density at radius 2 is 1.67 bits per heavy atom. The second kappa shape index (κ2) is 9.11. The molecule has 0 bridgehead atoms. The minimum absolute atomic E-state index is 0.117. The van der Waals surface area contributed by atoms with Crippen LogP contribution in [-0.4, -0.2) is 59.7 Å². The van der Waals surface area contributed by atoms with E-state index in [1.54, 1.807) is 23.4 Å². The molecule has 8 heteroatoms. The lowest BCUT2D eigenvalue weighted by Gasteiger charge is -2.34. The molecule has 1 amide bonds. The van der Waals surface area contributed by atoms with Crippen LogP contribution in [0.1, 0.15) is 27.9 Å². The van der Waals surface area contributed by atoms with Gasteiger partial charge in [0.15, 0.2) is 0 Å². The van der Waals surface area contributed by atoms with Crippen LogP contribution in [0.2, 0.25) is 0 Å². The molecule has 1 fully saturated rings. The van der Waals surface area contributed by atoms with Gasteiger partial charge in [-0.2, -0.15) is 4.31 Å². The Labute approximate surface area is 210 Å². The van der Waals surface area contributed by atoms with Crippen LogP contribution in [-0.2, 0) is 22.9 Å². The van der Waals surface area contributed by atoms with Crippen molar-refractivity contribution in [2.75, 3.05) is 26.2 Å². The van der Waals surface area contributed by atoms with Crippen molar-refractivity contribution in [2.24, 2.45) is 0 Å². The van der Waals surface area contributed by atoms with Crippen LogP contribution in [0.4, 0.5) is 0 Å². The van der Waals surface area contributed by atoms with Gasteiger partial charge in [0.1, 0.15) is 0 Å². The predicted molar refractivity (Wildman–Crippen MR) is 138 cm³/mol. The van der Waals surface area contributed by atoms with E-state index in [-0.39, 0.29) is 19.0 Å².